The van der Waals surface area contributed by atoms with Gasteiger partial charge in [-0.05, 0) is 47.9 Å². The standard InChI is InChI=1S/C27H34N2O5/c1-4-14-27(3,25(32)28-15-13-18(2)16-24(30)31)29-26(33)34-17-23-21-11-7-5-9-19(21)20-10-6-8-12-22(20)23/h5-12,18,23H,4,13-17H2,1-3H3,(H,28,32)(H,29,33)(H,30,31). The van der Waals surface area contributed by atoms with Gasteiger partial charge in [0.25, 0.3) is 0 Å². The molecule has 34 heavy (non-hydrogen) atoms. The van der Waals surface area contributed by atoms with Gasteiger partial charge in [0, 0.05) is 18.9 Å². The molecule has 0 saturated heterocycles. The van der Waals surface area contributed by atoms with Crippen LogP contribution in [0, 0.1) is 5.92 Å². The van der Waals surface area contributed by atoms with Gasteiger partial charge in [0.05, 0.1) is 0 Å². The first-order valence-electron chi connectivity index (χ1n) is 11.9. The van der Waals surface area contributed by atoms with E-state index in [9.17, 15) is 14.4 Å². The zero-order valence-electron chi connectivity index (χ0n) is 20.1. The van der Waals surface area contributed by atoms with Crippen LogP contribution in [-0.2, 0) is 14.3 Å². The van der Waals surface area contributed by atoms with Gasteiger partial charge in [-0.1, -0.05) is 68.8 Å². The predicted molar refractivity (Wildman–Crippen MR) is 131 cm³/mol. The van der Waals surface area contributed by atoms with Crippen LogP contribution in [0.4, 0.5) is 4.79 Å². The first kappa shape index (κ1) is 25.3. The smallest absolute Gasteiger partial charge is 0.408 e. The van der Waals surface area contributed by atoms with E-state index >= 15 is 0 Å². The Bertz CT molecular complexity index is 992. The van der Waals surface area contributed by atoms with E-state index in [4.69, 9.17) is 9.84 Å². The number of amides is 2. The number of fused-ring (bicyclic) bond motifs is 3. The minimum absolute atomic E-state index is 0.0506. The van der Waals surface area contributed by atoms with Crippen LogP contribution in [0.1, 0.15) is 63.5 Å². The largest absolute Gasteiger partial charge is 0.481 e. The average Bonchev–Trinajstić information content (AvgIpc) is 3.11. The van der Waals surface area contributed by atoms with Crippen molar-refractivity contribution in [1.29, 1.82) is 0 Å². The fourth-order valence-corrected chi connectivity index (χ4v) is 4.62. The monoisotopic (exact) mass is 466 g/mol. The minimum Gasteiger partial charge on any atom is -0.481 e. The summed E-state index contributed by atoms with van der Waals surface area (Å²) in [5.74, 6) is -1.26. The molecule has 2 aromatic carbocycles. The number of rotatable bonds is 11. The molecule has 2 amide bonds. The van der Waals surface area contributed by atoms with E-state index in [1.807, 2.05) is 38.1 Å². The molecule has 0 saturated carbocycles. The summed E-state index contributed by atoms with van der Waals surface area (Å²) in [4.78, 5) is 36.4. The summed E-state index contributed by atoms with van der Waals surface area (Å²) in [7, 11) is 0. The summed E-state index contributed by atoms with van der Waals surface area (Å²) in [6.45, 7) is 5.99. The second-order valence-electron chi connectivity index (χ2n) is 9.28. The van der Waals surface area contributed by atoms with Crippen LogP contribution in [0.3, 0.4) is 0 Å². The van der Waals surface area contributed by atoms with E-state index in [1.54, 1.807) is 6.92 Å². The highest BCUT2D eigenvalue weighted by Gasteiger charge is 2.35. The van der Waals surface area contributed by atoms with E-state index in [1.165, 1.54) is 0 Å². The fraction of sp³-hybridized carbons (Fsp3) is 0.444. The van der Waals surface area contributed by atoms with E-state index < -0.39 is 17.6 Å². The number of carboxylic acid groups (broad SMARTS) is 1. The van der Waals surface area contributed by atoms with E-state index in [0.29, 0.717) is 25.8 Å². The molecule has 0 bridgehead atoms. The van der Waals surface area contributed by atoms with Crippen LogP contribution in [0.5, 0.6) is 0 Å². The molecule has 7 heteroatoms. The first-order chi connectivity index (χ1) is 16.2. The highest BCUT2D eigenvalue weighted by molar-refractivity contribution is 5.89. The molecule has 182 valence electrons. The van der Waals surface area contributed by atoms with Crippen molar-refractivity contribution in [2.75, 3.05) is 13.2 Å². The number of carbonyl (C=O) groups is 3. The Kier molecular flexibility index (Phi) is 8.31. The minimum atomic E-state index is -1.12. The molecule has 3 rings (SSSR count). The highest BCUT2D eigenvalue weighted by atomic mass is 16.5. The molecular formula is C27H34N2O5. The quantitative estimate of drug-likeness (QED) is 0.445. The summed E-state index contributed by atoms with van der Waals surface area (Å²) in [6, 6.07) is 16.2. The molecule has 2 unspecified atom stereocenters. The maximum absolute atomic E-state index is 12.9. The zero-order chi connectivity index (χ0) is 24.7. The van der Waals surface area contributed by atoms with Crippen molar-refractivity contribution in [2.24, 2.45) is 5.92 Å². The Labute approximate surface area is 200 Å². The number of alkyl carbamates (subject to hydrolysis) is 1. The normalized spacial score (nSPS) is 14.9. The summed E-state index contributed by atoms with van der Waals surface area (Å²) in [6.07, 6.45) is 1.12. The second kappa shape index (κ2) is 11.2. The lowest BCUT2D eigenvalue weighted by molar-refractivity contribution is -0.138. The van der Waals surface area contributed by atoms with Gasteiger partial charge >= 0.3 is 12.1 Å². The lowest BCUT2D eigenvalue weighted by Gasteiger charge is -2.29. The Morgan fingerprint density at radius 1 is 1.06 bits per heavy atom. The Balaban J connectivity index is 1.59. The molecule has 0 aromatic heterocycles. The molecule has 7 nitrogen and oxygen atoms in total. The third kappa shape index (κ3) is 5.95. The van der Waals surface area contributed by atoms with Gasteiger partial charge in [-0.25, -0.2) is 4.79 Å². The molecule has 0 aliphatic heterocycles. The van der Waals surface area contributed by atoms with Gasteiger partial charge in [0.2, 0.25) is 5.91 Å². The molecule has 2 aromatic rings. The molecule has 0 radical (unpaired) electrons. The van der Waals surface area contributed by atoms with Crippen molar-refractivity contribution >= 4 is 18.0 Å². The summed E-state index contributed by atoms with van der Waals surface area (Å²) >= 11 is 0. The number of carbonyl (C=O) groups excluding carboxylic acids is 2. The van der Waals surface area contributed by atoms with Crippen LogP contribution in [0.15, 0.2) is 48.5 Å². The Hall–Kier alpha value is -3.35. The zero-order valence-corrected chi connectivity index (χ0v) is 20.1. The number of aliphatic carboxylic acids is 1. The second-order valence-corrected chi connectivity index (χ2v) is 9.28. The summed E-state index contributed by atoms with van der Waals surface area (Å²) in [5.41, 5.74) is 3.44. The Morgan fingerprint density at radius 2 is 1.65 bits per heavy atom. The maximum atomic E-state index is 12.9. The van der Waals surface area contributed by atoms with Crippen LogP contribution in [0.25, 0.3) is 11.1 Å². The van der Waals surface area contributed by atoms with E-state index in [0.717, 1.165) is 22.3 Å². The third-order valence-corrected chi connectivity index (χ3v) is 6.42. The molecule has 1 aliphatic rings. The van der Waals surface area contributed by atoms with Crippen LogP contribution in [-0.4, -0.2) is 41.8 Å². The molecule has 0 fully saturated rings. The van der Waals surface area contributed by atoms with Gasteiger partial charge in [-0.2, -0.15) is 0 Å². The molecule has 2 atom stereocenters. The molecular weight excluding hydrogens is 432 g/mol. The fourth-order valence-electron chi connectivity index (χ4n) is 4.62. The van der Waals surface area contributed by atoms with Crippen LogP contribution < -0.4 is 10.6 Å². The number of hydrogen-bond donors (Lipinski definition) is 3. The van der Waals surface area contributed by atoms with Gasteiger partial charge in [-0.3, -0.25) is 9.59 Å². The summed E-state index contributed by atoms with van der Waals surface area (Å²) in [5, 5.41) is 14.5. The third-order valence-electron chi connectivity index (χ3n) is 6.42. The lowest BCUT2D eigenvalue weighted by Crippen LogP contribution is -2.57. The Morgan fingerprint density at radius 3 is 2.21 bits per heavy atom. The maximum Gasteiger partial charge on any atom is 0.408 e. The van der Waals surface area contributed by atoms with E-state index in [2.05, 4.69) is 34.9 Å². The number of nitrogens with one attached hydrogen (secondary N) is 2. The SMILES string of the molecule is CCCC(C)(NC(=O)OCC1c2ccccc2-c2ccccc21)C(=O)NCCC(C)CC(=O)O. The lowest BCUT2D eigenvalue weighted by atomic mass is 9.94. The van der Waals surface area contributed by atoms with Crippen molar-refractivity contribution < 1.29 is 24.2 Å². The van der Waals surface area contributed by atoms with Crippen LogP contribution >= 0.6 is 0 Å². The number of benzene rings is 2. The van der Waals surface area contributed by atoms with Gasteiger partial charge in [0.1, 0.15) is 12.1 Å². The van der Waals surface area contributed by atoms with Gasteiger partial charge < -0.3 is 20.5 Å². The molecule has 0 spiro atoms. The first-order valence-corrected chi connectivity index (χ1v) is 11.9. The van der Waals surface area contributed by atoms with Crippen molar-refractivity contribution in [2.45, 2.75) is 57.9 Å². The summed E-state index contributed by atoms with van der Waals surface area (Å²) < 4.78 is 5.62. The van der Waals surface area contributed by atoms with Crippen molar-refractivity contribution in [3.05, 3.63) is 59.7 Å². The number of hydrogen-bond acceptors (Lipinski definition) is 4. The number of carboxylic acids is 1. The van der Waals surface area contributed by atoms with E-state index in [-0.39, 0.29) is 30.8 Å². The molecule has 3 N–H and O–H groups in total. The van der Waals surface area contributed by atoms with Crippen molar-refractivity contribution in [3.63, 3.8) is 0 Å². The van der Waals surface area contributed by atoms with Crippen LogP contribution in [0.2, 0.25) is 0 Å². The van der Waals surface area contributed by atoms with Gasteiger partial charge in [0.15, 0.2) is 0 Å². The van der Waals surface area contributed by atoms with Gasteiger partial charge in [-0.15, -0.1) is 0 Å². The molecule has 0 heterocycles. The topological polar surface area (TPSA) is 105 Å². The predicted octanol–water partition coefficient (Wildman–Crippen LogP) is 4.70. The van der Waals surface area contributed by atoms with Crippen molar-refractivity contribution in [1.82, 2.24) is 10.6 Å². The highest BCUT2D eigenvalue weighted by Crippen LogP contribution is 2.44. The number of ether oxygens (including phenoxy) is 1. The van der Waals surface area contributed by atoms with Crippen molar-refractivity contribution in [3.8, 4) is 11.1 Å². The average molecular weight is 467 g/mol. The molecule has 1 aliphatic carbocycles.